The van der Waals surface area contributed by atoms with Gasteiger partial charge in [0.1, 0.15) is 7.05 Å². The standard InChI is InChI=1S/C27H26N/c1-19-13-14-23(22-11-6-5-7-12-22)17-25(19)26-18-24(15-16-28(26)4)27-20(2)9-8-10-21(27)3/h5-18H,1-4H3/q+1/i2D3,3D3. The van der Waals surface area contributed by atoms with Gasteiger partial charge in [-0.15, -0.1) is 0 Å². The summed E-state index contributed by atoms with van der Waals surface area (Å²) in [5, 5.41) is 0. The molecule has 0 radical (unpaired) electrons. The monoisotopic (exact) mass is 370 g/mol. The molecular formula is C27H26N+. The summed E-state index contributed by atoms with van der Waals surface area (Å²) in [5.41, 5.74) is 5.98. The third-order valence-electron chi connectivity index (χ3n) is 5.12. The molecule has 138 valence electrons. The average Bonchev–Trinajstić information content (AvgIpc) is 2.79. The topological polar surface area (TPSA) is 3.88 Å². The van der Waals surface area contributed by atoms with E-state index in [2.05, 4.69) is 30.3 Å². The summed E-state index contributed by atoms with van der Waals surface area (Å²) in [6.07, 6.45) is 1.85. The Labute approximate surface area is 176 Å². The van der Waals surface area contributed by atoms with Gasteiger partial charge in [0.25, 0.3) is 0 Å². The number of aryl methyl sites for hydroxylation is 4. The van der Waals surface area contributed by atoms with Gasteiger partial charge >= 0.3 is 0 Å². The van der Waals surface area contributed by atoms with Gasteiger partial charge in [-0.1, -0.05) is 60.7 Å². The molecular weight excluding hydrogens is 338 g/mol. The molecule has 0 fully saturated rings. The van der Waals surface area contributed by atoms with Crippen molar-refractivity contribution in [3.8, 4) is 33.5 Å². The lowest BCUT2D eigenvalue weighted by molar-refractivity contribution is -0.660. The zero-order valence-corrected chi connectivity index (χ0v) is 16.0. The van der Waals surface area contributed by atoms with E-state index < -0.39 is 13.7 Å². The van der Waals surface area contributed by atoms with Gasteiger partial charge in [0.15, 0.2) is 6.20 Å². The first-order valence-electron chi connectivity index (χ1n) is 12.3. The van der Waals surface area contributed by atoms with E-state index in [0.717, 1.165) is 27.9 Å². The molecule has 0 aliphatic rings. The first-order valence-corrected chi connectivity index (χ1v) is 9.27. The van der Waals surface area contributed by atoms with Gasteiger partial charge in [0.05, 0.1) is 0 Å². The minimum atomic E-state index is -2.45. The molecule has 0 aliphatic carbocycles. The summed E-state index contributed by atoms with van der Waals surface area (Å²) in [6, 6.07) is 24.5. The summed E-state index contributed by atoms with van der Waals surface area (Å²) < 4.78 is 50.1. The fourth-order valence-electron chi connectivity index (χ4n) is 3.56. The van der Waals surface area contributed by atoms with Gasteiger partial charge < -0.3 is 0 Å². The predicted molar refractivity (Wildman–Crippen MR) is 118 cm³/mol. The Hall–Kier alpha value is -3.19. The van der Waals surface area contributed by atoms with Crippen molar-refractivity contribution in [1.82, 2.24) is 0 Å². The van der Waals surface area contributed by atoms with Crippen LogP contribution in [0, 0.1) is 20.6 Å². The molecule has 1 aromatic heterocycles. The first kappa shape index (κ1) is 12.3. The van der Waals surface area contributed by atoms with E-state index in [4.69, 9.17) is 8.22 Å². The Morgan fingerprint density at radius 1 is 0.679 bits per heavy atom. The highest BCUT2D eigenvalue weighted by Gasteiger charge is 2.16. The number of hydrogen-bond donors (Lipinski definition) is 0. The number of aromatic nitrogens is 1. The number of hydrogen-bond acceptors (Lipinski definition) is 0. The highest BCUT2D eigenvalue weighted by Crippen LogP contribution is 2.32. The SMILES string of the molecule is [2H]C([2H])([2H])c1cccc(C([2H])([2H])[2H])c1-c1cc[n+](C)c(-c2cc(-c3ccccc3)ccc2C)c1. The van der Waals surface area contributed by atoms with Crippen LogP contribution >= 0.6 is 0 Å². The Balaban J connectivity index is 1.96. The maximum atomic E-state index is 8.03. The van der Waals surface area contributed by atoms with E-state index in [-0.39, 0.29) is 16.7 Å². The van der Waals surface area contributed by atoms with Crippen LogP contribution in [0.4, 0.5) is 0 Å². The van der Waals surface area contributed by atoms with Crippen molar-refractivity contribution in [1.29, 1.82) is 0 Å². The maximum Gasteiger partial charge on any atom is 0.213 e. The third kappa shape index (κ3) is 3.36. The zero-order valence-electron chi connectivity index (χ0n) is 22.0. The Morgan fingerprint density at radius 3 is 2.14 bits per heavy atom. The van der Waals surface area contributed by atoms with Crippen molar-refractivity contribution in [3.05, 3.63) is 102 Å². The normalized spacial score (nSPS) is 14.9. The number of nitrogens with zero attached hydrogens (tertiary/aromatic N) is 1. The van der Waals surface area contributed by atoms with Crippen LogP contribution in [0.2, 0.25) is 0 Å². The summed E-state index contributed by atoms with van der Waals surface area (Å²) in [6.45, 7) is -2.86. The van der Waals surface area contributed by atoms with Gasteiger partial charge in [0, 0.05) is 25.9 Å². The highest BCUT2D eigenvalue weighted by atomic mass is 14.9. The third-order valence-corrected chi connectivity index (χ3v) is 5.12. The van der Waals surface area contributed by atoms with E-state index in [1.807, 2.05) is 49.0 Å². The van der Waals surface area contributed by atoms with Crippen LogP contribution in [0.5, 0.6) is 0 Å². The van der Waals surface area contributed by atoms with E-state index >= 15 is 0 Å². The van der Waals surface area contributed by atoms with Gasteiger partial charge in [-0.2, -0.15) is 0 Å². The molecule has 0 bridgehead atoms. The van der Waals surface area contributed by atoms with Crippen LogP contribution in [-0.4, -0.2) is 0 Å². The second-order valence-corrected chi connectivity index (χ2v) is 7.04. The molecule has 1 heteroatoms. The van der Waals surface area contributed by atoms with Crippen LogP contribution in [-0.2, 0) is 7.05 Å². The van der Waals surface area contributed by atoms with E-state index in [1.165, 1.54) is 18.2 Å². The number of benzene rings is 3. The lowest BCUT2D eigenvalue weighted by Gasteiger charge is -2.12. The van der Waals surface area contributed by atoms with Crippen molar-refractivity contribution in [2.75, 3.05) is 0 Å². The van der Waals surface area contributed by atoms with Crippen LogP contribution in [0.15, 0.2) is 85.1 Å². The molecule has 0 N–H and O–H groups in total. The van der Waals surface area contributed by atoms with Gasteiger partial charge in [-0.25, -0.2) is 4.57 Å². The second-order valence-electron chi connectivity index (χ2n) is 7.04. The van der Waals surface area contributed by atoms with Gasteiger partial charge in [0.2, 0.25) is 5.69 Å². The first-order chi connectivity index (χ1) is 16.0. The molecule has 4 rings (SSSR count). The lowest BCUT2D eigenvalue weighted by atomic mass is 9.93. The number of rotatable bonds is 3. The average molecular weight is 371 g/mol. The van der Waals surface area contributed by atoms with Gasteiger partial charge in [-0.3, -0.25) is 0 Å². The van der Waals surface area contributed by atoms with Crippen LogP contribution in [0.1, 0.15) is 24.9 Å². The minimum Gasteiger partial charge on any atom is -0.201 e. The van der Waals surface area contributed by atoms with Crippen molar-refractivity contribution in [2.45, 2.75) is 20.6 Å². The molecule has 28 heavy (non-hydrogen) atoms. The lowest BCUT2D eigenvalue weighted by Crippen LogP contribution is -2.30. The zero-order chi connectivity index (χ0) is 24.7. The van der Waals surface area contributed by atoms with Crippen molar-refractivity contribution >= 4 is 0 Å². The van der Waals surface area contributed by atoms with Crippen LogP contribution in [0.25, 0.3) is 33.5 Å². The Morgan fingerprint density at radius 2 is 1.43 bits per heavy atom. The molecule has 0 amide bonds. The van der Waals surface area contributed by atoms with E-state index in [0.29, 0.717) is 5.56 Å². The molecule has 3 aromatic carbocycles. The summed E-state index contributed by atoms with van der Waals surface area (Å²) in [4.78, 5) is 0. The summed E-state index contributed by atoms with van der Waals surface area (Å²) in [7, 11) is 1.92. The van der Waals surface area contributed by atoms with Crippen molar-refractivity contribution < 1.29 is 12.8 Å². The fraction of sp³-hybridized carbons (Fsp3) is 0.148. The Kier molecular flexibility index (Phi) is 3.27. The number of pyridine rings is 1. The molecule has 0 unspecified atom stereocenters. The molecule has 1 nitrogen and oxygen atoms in total. The van der Waals surface area contributed by atoms with Gasteiger partial charge in [-0.05, 0) is 65.6 Å². The molecule has 0 atom stereocenters. The Bertz CT molecular complexity index is 1310. The van der Waals surface area contributed by atoms with Crippen LogP contribution in [0.3, 0.4) is 0 Å². The second kappa shape index (κ2) is 7.44. The molecule has 0 saturated carbocycles. The molecule has 0 saturated heterocycles. The predicted octanol–water partition coefficient (Wildman–Crippen LogP) is 6.44. The minimum absolute atomic E-state index is 0.0377. The fourth-order valence-corrected chi connectivity index (χ4v) is 3.56. The van der Waals surface area contributed by atoms with Crippen molar-refractivity contribution in [2.24, 2.45) is 7.05 Å². The van der Waals surface area contributed by atoms with E-state index in [1.54, 1.807) is 6.07 Å². The van der Waals surface area contributed by atoms with E-state index in [9.17, 15) is 0 Å². The molecule has 4 aromatic rings. The molecule has 0 spiro atoms. The molecule has 1 heterocycles. The van der Waals surface area contributed by atoms with Crippen LogP contribution < -0.4 is 4.57 Å². The summed E-state index contributed by atoms with van der Waals surface area (Å²) in [5.74, 6) is 0. The quantitative estimate of drug-likeness (QED) is 0.365. The highest BCUT2D eigenvalue weighted by molar-refractivity contribution is 5.77. The maximum absolute atomic E-state index is 8.03. The summed E-state index contributed by atoms with van der Waals surface area (Å²) >= 11 is 0. The molecule has 0 aliphatic heterocycles. The largest absolute Gasteiger partial charge is 0.213 e. The van der Waals surface area contributed by atoms with Crippen molar-refractivity contribution in [3.63, 3.8) is 0 Å². The smallest absolute Gasteiger partial charge is 0.201 e.